The third-order valence-electron chi connectivity index (χ3n) is 6.51. The van der Waals surface area contributed by atoms with E-state index in [4.69, 9.17) is 17.0 Å². The zero-order valence-electron chi connectivity index (χ0n) is 20.2. The Hall–Kier alpha value is -4.49. The molecule has 0 aliphatic carbocycles. The molecule has 5 aromatic rings. The van der Waals surface area contributed by atoms with E-state index in [9.17, 15) is 0 Å². The van der Waals surface area contributed by atoms with Crippen LogP contribution in [-0.2, 0) is 0 Å². The van der Waals surface area contributed by atoms with Crippen molar-refractivity contribution in [3.05, 3.63) is 133 Å². The van der Waals surface area contributed by atoms with E-state index in [0.29, 0.717) is 5.11 Å². The molecule has 0 amide bonds. The SMILES string of the molecule is Cc1ccccc1Oc1ccc(N2C(=S)N[C@H](c3ccccn3)[C@@H]2c2cccn2-c2ccccn2)cc1. The van der Waals surface area contributed by atoms with Gasteiger partial charge in [0.15, 0.2) is 5.11 Å². The highest BCUT2D eigenvalue weighted by molar-refractivity contribution is 7.80. The standard InChI is InChI=1S/C30H25N5OS/c1-21-9-2-3-12-26(21)36-23-16-14-22(15-17-23)35-29(28(33-30(35)37)24-10-4-6-18-31-24)25-11-8-20-34(25)27-13-5-7-19-32-27/h2-20,28-29H,1H3,(H,33,37)/t28-,29+/m1/s1. The van der Waals surface area contributed by atoms with Gasteiger partial charge in [-0.05, 0) is 91.4 Å². The van der Waals surface area contributed by atoms with Gasteiger partial charge in [-0.15, -0.1) is 0 Å². The van der Waals surface area contributed by atoms with Crippen LogP contribution in [0, 0.1) is 6.92 Å². The summed E-state index contributed by atoms with van der Waals surface area (Å²) in [5, 5.41) is 4.17. The molecule has 1 aliphatic rings. The Kier molecular flexibility index (Phi) is 6.12. The van der Waals surface area contributed by atoms with Gasteiger partial charge in [-0.3, -0.25) is 4.98 Å². The lowest BCUT2D eigenvalue weighted by Gasteiger charge is -2.29. The Bertz CT molecular complexity index is 1520. The number of para-hydroxylation sites is 1. The predicted molar refractivity (Wildman–Crippen MR) is 149 cm³/mol. The molecular formula is C30H25N5OS. The zero-order valence-corrected chi connectivity index (χ0v) is 21.0. The van der Waals surface area contributed by atoms with Crippen molar-refractivity contribution in [3.63, 3.8) is 0 Å². The van der Waals surface area contributed by atoms with Crippen molar-refractivity contribution in [2.24, 2.45) is 0 Å². The number of thiocarbonyl (C=S) groups is 1. The van der Waals surface area contributed by atoms with Crippen molar-refractivity contribution in [1.82, 2.24) is 19.9 Å². The number of ether oxygens (including phenoxy) is 1. The molecule has 6 nitrogen and oxygen atoms in total. The highest BCUT2D eigenvalue weighted by Crippen LogP contribution is 2.42. The van der Waals surface area contributed by atoms with Crippen molar-refractivity contribution < 1.29 is 4.74 Å². The van der Waals surface area contributed by atoms with Crippen LogP contribution in [0.25, 0.3) is 5.82 Å². The lowest BCUT2D eigenvalue weighted by atomic mass is 10.0. The first kappa shape index (κ1) is 22.9. The first-order valence-electron chi connectivity index (χ1n) is 12.1. The van der Waals surface area contributed by atoms with Crippen LogP contribution in [0.5, 0.6) is 11.5 Å². The average Bonchev–Trinajstić information content (AvgIpc) is 3.56. The van der Waals surface area contributed by atoms with Crippen LogP contribution < -0.4 is 15.0 Å². The summed E-state index contributed by atoms with van der Waals surface area (Å²) in [7, 11) is 0. The Morgan fingerprint density at radius 2 is 1.57 bits per heavy atom. The Morgan fingerprint density at radius 1 is 0.811 bits per heavy atom. The van der Waals surface area contributed by atoms with E-state index in [1.807, 2.05) is 110 Å². The smallest absolute Gasteiger partial charge is 0.174 e. The third kappa shape index (κ3) is 4.45. The molecule has 0 unspecified atom stereocenters. The number of nitrogens with one attached hydrogen (secondary N) is 1. The van der Waals surface area contributed by atoms with Gasteiger partial charge in [0, 0.05) is 30.0 Å². The molecule has 4 heterocycles. The summed E-state index contributed by atoms with van der Waals surface area (Å²) >= 11 is 5.90. The summed E-state index contributed by atoms with van der Waals surface area (Å²) in [6.45, 7) is 2.04. The number of pyridine rings is 2. The Labute approximate surface area is 221 Å². The minimum atomic E-state index is -0.150. The number of hydrogen-bond donors (Lipinski definition) is 1. The van der Waals surface area contributed by atoms with Gasteiger partial charge >= 0.3 is 0 Å². The van der Waals surface area contributed by atoms with E-state index in [1.54, 1.807) is 6.20 Å². The molecule has 0 bridgehead atoms. The lowest BCUT2D eigenvalue weighted by molar-refractivity contribution is 0.479. The number of aryl methyl sites for hydroxylation is 1. The molecule has 37 heavy (non-hydrogen) atoms. The minimum Gasteiger partial charge on any atom is -0.457 e. The summed E-state index contributed by atoms with van der Waals surface area (Å²) < 4.78 is 8.24. The van der Waals surface area contributed by atoms with Gasteiger partial charge in [-0.1, -0.05) is 30.3 Å². The fourth-order valence-electron chi connectivity index (χ4n) is 4.75. The van der Waals surface area contributed by atoms with E-state index >= 15 is 0 Å². The van der Waals surface area contributed by atoms with Crippen LogP contribution in [0.3, 0.4) is 0 Å². The van der Waals surface area contributed by atoms with Crippen molar-refractivity contribution in [1.29, 1.82) is 0 Å². The molecule has 182 valence electrons. The first-order valence-corrected chi connectivity index (χ1v) is 12.5. The Morgan fingerprint density at radius 3 is 2.30 bits per heavy atom. The molecule has 2 atom stereocenters. The van der Waals surface area contributed by atoms with E-state index in [1.165, 1.54) is 0 Å². The predicted octanol–water partition coefficient (Wildman–Crippen LogP) is 6.55. The molecule has 7 heteroatoms. The fourth-order valence-corrected chi connectivity index (χ4v) is 5.09. The van der Waals surface area contributed by atoms with Crippen molar-refractivity contribution >= 4 is 23.0 Å². The van der Waals surface area contributed by atoms with Crippen LogP contribution >= 0.6 is 12.2 Å². The summed E-state index contributed by atoms with van der Waals surface area (Å²) in [5.41, 5.74) is 4.03. The summed E-state index contributed by atoms with van der Waals surface area (Å²) in [5.74, 6) is 2.46. The third-order valence-corrected chi connectivity index (χ3v) is 6.83. The maximum atomic E-state index is 6.13. The molecule has 0 radical (unpaired) electrons. The number of anilines is 1. The molecule has 3 aromatic heterocycles. The van der Waals surface area contributed by atoms with Gasteiger partial charge in [0.1, 0.15) is 23.4 Å². The van der Waals surface area contributed by atoms with Crippen LogP contribution in [0.4, 0.5) is 5.69 Å². The second kappa shape index (κ2) is 9.87. The second-order valence-corrected chi connectivity index (χ2v) is 9.24. The maximum Gasteiger partial charge on any atom is 0.174 e. The molecule has 1 aliphatic heterocycles. The van der Waals surface area contributed by atoms with Crippen LogP contribution in [0.2, 0.25) is 0 Å². The number of benzene rings is 2. The van der Waals surface area contributed by atoms with E-state index < -0.39 is 0 Å². The van der Waals surface area contributed by atoms with Crippen LogP contribution in [0.15, 0.2) is 116 Å². The monoisotopic (exact) mass is 503 g/mol. The average molecular weight is 504 g/mol. The molecule has 0 saturated carbocycles. The molecule has 6 rings (SSSR count). The molecule has 1 N–H and O–H groups in total. The van der Waals surface area contributed by atoms with Gasteiger partial charge in [0.25, 0.3) is 0 Å². The quantitative estimate of drug-likeness (QED) is 0.265. The largest absolute Gasteiger partial charge is 0.457 e. The van der Waals surface area contributed by atoms with Crippen LogP contribution in [0.1, 0.15) is 29.0 Å². The van der Waals surface area contributed by atoms with Crippen molar-refractivity contribution in [2.75, 3.05) is 4.90 Å². The van der Waals surface area contributed by atoms with Gasteiger partial charge in [-0.25, -0.2) is 4.98 Å². The molecular weight excluding hydrogens is 478 g/mol. The Balaban J connectivity index is 1.39. The van der Waals surface area contributed by atoms with Gasteiger partial charge in [0.2, 0.25) is 0 Å². The summed E-state index contributed by atoms with van der Waals surface area (Å²) in [4.78, 5) is 11.4. The summed E-state index contributed by atoms with van der Waals surface area (Å²) in [6, 6.07) is 31.8. The molecule has 1 saturated heterocycles. The highest BCUT2D eigenvalue weighted by Gasteiger charge is 2.42. The zero-order chi connectivity index (χ0) is 25.2. The molecule has 0 spiro atoms. The second-order valence-electron chi connectivity index (χ2n) is 8.85. The first-order chi connectivity index (χ1) is 18.2. The van der Waals surface area contributed by atoms with Gasteiger partial charge < -0.3 is 19.5 Å². The highest BCUT2D eigenvalue weighted by atomic mass is 32.1. The number of hydrogen-bond acceptors (Lipinski definition) is 4. The maximum absolute atomic E-state index is 6.13. The normalized spacial score (nSPS) is 17.0. The van der Waals surface area contributed by atoms with E-state index in [2.05, 4.69) is 30.8 Å². The van der Waals surface area contributed by atoms with Gasteiger partial charge in [-0.2, -0.15) is 0 Å². The van der Waals surface area contributed by atoms with E-state index in [-0.39, 0.29) is 12.1 Å². The topological polar surface area (TPSA) is 55.2 Å². The van der Waals surface area contributed by atoms with E-state index in [0.717, 1.165) is 40.0 Å². The minimum absolute atomic E-state index is 0.144. The molecule has 1 fully saturated rings. The van der Waals surface area contributed by atoms with Gasteiger partial charge in [0.05, 0.1) is 11.7 Å². The lowest BCUT2D eigenvalue weighted by Crippen LogP contribution is -2.30. The number of aromatic nitrogens is 3. The van der Waals surface area contributed by atoms with Crippen molar-refractivity contribution in [3.8, 4) is 17.3 Å². The van der Waals surface area contributed by atoms with Crippen LogP contribution in [-0.4, -0.2) is 19.6 Å². The molecule has 2 aromatic carbocycles. The van der Waals surface area contributed by atoms with Crippen molar-refractivity contribution in [2.45, 2.75) is 19.0 Å². The number of nitrogens with zero attached hydrogens (tertiary/aromatic N) is 4. The number of rotatable bonds is 6. The summed E-state index contributed by atoms with van der Waals surface area (Å²) in [6.07, 6.45) is 5.65. The fraction of sp³-hybridized carbons (Fsp3) is 0.100.